The van der Waals surface area contributed by atoms with Gasteiger partial charge < -0.3 is 21.7 Å². The number of hydrazine groups is 1. The van der Waals surface area contributed by atoms with E-state index in [1.807, 2.05) is 32.9 Å². The van der Waals surface area contributed by atoms with E-state index in [0.29, 0.717) is 29.3 Å². The number of nitrogen functional groups attached to an aromatic ring is 1. The number of nitrogens with one attached hydrogen (secondary N) is 1. The number of rotatable bonds is 13. The molecule has 9 nitrogen and oxygen atoms in total. The van der Waals surface area contributed by atoms with Crippen LogP contribution < -0.4 is 22.6 Å². The summed E-state index contributed by atoms with van der Waals surface area (Å²) in [6.45, 7) is 11.6. The number of nitrogens with two attached hydrogens (primary N) is 3. The summed E-state index contributed by atoms with van der Waals surface area (Å²) in [4.78, 5) is 19.2. The Morgan fingerprint density at radius 2 is 1.96 bits per heavy atom. The zero-order valence-corrected chi connectivity index (χ0v) is 26.2. The van der Waals surface area contributed by atoms with Crippen LogP contribution in [-0.2, 0) is 4.79 Å². The molecule has 3 rings (SSSR count). The van der Waals surface area contributed by atoms with E-state index in [2.05, 4.69) is 23.0 Å². The predicted octanol–water partition coefficient (Wildman–Crippen LogP) is 6.04. The van der Waals surface area contributed by atoms with Crippen LogP contribution in [0.2, 0.25) is 0 Å². The van der Waals surface area contributed by atoms with Crippen molar-refractivity contribution in [3.05, 3.63) is 95.1 Å². The molecule has 7 N–H and O–H groups in total. The minimum atomic E-state index is -0.783. The first kappa shape index (κ1) is 34.5. The first-order valence-electron chi connectivity index (χ1n) is 14.7. The number of aryl methyl sites for hydroxylation is 1. The Kier molecular flexibility index (Phi) is 12.0. The molecular weight excluding hydrogens is 574 g/mol. The summed E-state index contributed by atoms with van der Waals surface area (Å²) in [5.41, 5.74) is 15.2. The minimum absolute atomic E-state index is 0.0333. The molecule has 2 aromatic carbocycles. The van der Waals surface area contributed by atoms with Crippen LogP contribution in [0.5, 0.6) is 0 Å². The number of carbonyl (C=O) groups excluding carboxylic acids is 1. The van der Waals surface area contributed by atoms with Gasteiger partial charge in [-0.15, -0.1) is 0 Å². The largest absolute Gasteiger partial charge is 0.398 e. The SMILES string of the molecule is C=C([C@@H](/C=C/c1c(N)cc(F)cc1F)CC(C)C)N(CC(=O)Nc1ccc(/C(N)=C/N(N)C2=CCCC=N2)cc1C)C(C)C#N. The van der Waals surface area contributed by atoms with Gasteiger partial charge in [0.2, 0.25) is 5.91 Å². The Hall–Kier alpha value is -4.95. The Labute approximate surface area is 264 Å². The topological polar surface area (TPSA) is 150 Å². The quantitative estimate of drug-likeness (QED) is 0.122. The first-order chi connectivity index (χ1) is 21.3. The molecule has 0 saturated carbocycles. The number of anilines is 2. The maximum Gasteiger partial charge on any atom is 0.243 e. The molecule has 1 unspecified atom stereocenters. The highest BCUT2D eigenvalue weighted by molar-refractivity contribution is 5.93. The van der Waals surface area contributed by atoms with Gasteiger partial charge in [0.1, 0.15) is 23.5 Å². The molecule has 0 aromatic heterocycles. The van der Waals surface area contributed by atoms with Gasteiger partial charge in [-0.05, 0) is 74.4 Å². The van der Waals surface area contributed by atoms with Crippen LogP contribution in [0.25, 0.3) is 11.8 Å². The molecule has 45 heavy (non-hydrogen) atoms. The maximum absolute atomic E-state index is 14.5. The summed E-state index contributed by atoms with van der Waals surface area (Å²) >= 11 is 0. The van der Waals surface area contributed by atoms with Gasteiger partial charge in [0.05, 0.1) is 18.3 Å². The molecular formula is C34H42F2N8O. The smallest absolute Gasteiger partial charge is 0.243 e. The standard InChI is InChI=1S/C34H42F2N8O/c1-21(2)14-25(9-11-28-29(36)16-27(35)17-30(28)38)24(5)43(23(4)18-37)20-34(45)42-32-12-10-26(15-22(32)3)31(39)19-44(40)33-8-6-7-13-41-33/h8-13,15-17,19,21,23,25H,5-7,14,20,38-40H2,1-4H3,(H,42,45)/b11-9+,31-19-/t23?,25-/m0/s1. The molecule has 1 aliphatic rings. The number of carbonyl (C=O) groups is 1. The van der Waals surface area contributed by atoms with Crippen LogP contribution in [0.15, 0.2) is 71.8 Å². The summed E-state index contributed by atoms with van der Waals surface area (Å²) in [5.74, 6) is 4.67. The molecule has 0 radical (unpaired) electrons. The molecule has 11 heteroatoms. The number of benzene rings is 2. The number of nitriles is 1. The third kappa shape index (κ3) is 9.52. The average molecular weight is 617 g/mol. The predicted molar refractivity (Wildman–Crippen MR) is 177 cm³/mol. The summed E-state index contributed by atoms with van der Waals surface area (Å²) in [6, 6.07) is 8.69. The highest BCUT2D eigenvalue weighted by Gasteiger charge is 2.24. The second kappa shape index (κ2) is 15.7. The molecule has 0 aliphatic carbocycles. The summed E-state index contributed by atoms with van der Waals surface area (Å²) in [5, 5.41) is 14.1. The van der Waals surface area contributed by atoms with Gasteiger partial charge >= 0.3 is 0 Å². The van der Waals surface area contributed by atoms with E-state index in [1.54, 1.807) is 42.4 Å². The van der Waals surface area contributed by atoms with Crippen LogP contribution in [0, 0.1) is 41.7 Å². The minimum Gasteiger partial charge on any atom is -0.398 e. The molecule has 0 spiro atoms. The highest BCUT2D eigenvalue weighted by Crippen LogP contribution is 2.28. The molecule has 238 valence electrons. The maximum atomic E-state index is 14.5. The highest BCUT2D eigenvalue weighted by atomic mass is 19.1. The number of hydrogen-bond donors (Lipinski definition) is 4. The molecule has 0 fully saturated rings. The normalized spacial score (nSPS) is 14.6. The van der Waals surface area contributed by atoms with Crippen molar-refractivity contribution in [1.82, 2.24) is 9.91 Å². The lowest BCUT2D eigenvalue weighted by Crippen LogP contribution is -2.40. The van der Waals surface area contributed by atoms with E-state index in [1.165, 1.54) is 11.1 Å². The lowest BCUT2D eigenvalue weighted by Gasteiger charge is -2.33. The van der Waals surface area contributed by atoms with Gasteiger partial charge in [-0.25, -0.2) is 19.6 Å². The Morgan fingerprint density at radius 1 is 1.22 bits per heavy atom. The summed E-state index contributed by atoms with van der Waals surface area (Å²) < 4.78 is 28.0. The monoisotopic (exact) mass is 616 g/mol. The average Bonchev–Trinajstić information content (AvgIpc) is 2.99. The van der Waals surface area contributed by atoms with Gasteiger partial charge in [-0.3, -0.25) is 9.80 Å². The van der Waals surface area contributed by atoms with Crippen molar-refractivity contribution in [3.63, 3.8) is 0 Å². The van der Waals surface area contributed by atoms with Crippen molar-refractivity contribution in [2.75, 3.05) is 17.6 Å². The van der Waals surface area contributed by atoms with Crippen molar-refractivity contribution in [3.8, 4) is 6.07 Å². The number of allylic oxidation sites excluding steroid dienone is 2. The fourth-order valence-electron chi connectivity index (χ4n) is 4.88. The van der Waals surface area contributed by atoms with E-state index < -0.39 is 17.7 Å². The van der Waals surface area contributed by atoms with Gasteiger partial charge in [0.15, 0.2) is 0 Å². The number of hydrogen-bond acceptors (Lipinski definition) is 8. The molecule has 0 bridgehead atoms. The molecule has 1 heterocycles. The van der Waals surface area contributed by atoms with Crippen LogP contribution in [0.4, 0.5) is 20.2 Å². The van der Waals surface area contributed by atoms with Gasteiger partial charge in [0.25, 0.3) is 0 Å². The van der Waals surface area contributed by atoms with Gasteiger partial charge in [0, 0.05) is 47.0 Å². The molecule has 2 atom stereocenters. The third-order valence-corrected chi connectivity index (χ3v) is 7.33. The second-order valence-corrected chi connectivity index (χ2v) is 11.4. The molecule has 0 saturated heterocycles. The fourth-order valence-corrected chi connectivity index (χ4v) is 4.88. The van der Waals surface area contributed by atoms with Crippen molar-refractivity contribution in [2.24, 2.45) is 28.4 Å². The number of amides is 1. The van der Waals surface area contributed by atoms with Crippen molar-refractivity contribution in [2.45, 2.75) is 53.0 Å². The number of nitrogens with zero attached hydrogens (tertiary/aromatic N) is 4. The Morgan fingerprint density at radius 3 is 2.56 bits per heavy atom. The van der Waals surface area contributed by atoms with Crippen LogP contribution in [0.3, 0.4) is 0 Å². The Bertz CT molecular complexity index is 1550. The van der Waals surface area contributed by atoms with E-state index >= 15 is 0 Å². The number of aliphatic imine (C=N–C) groups is 1. The zero-order valence-electron chi connectivity index (χ0n) is 26.2. The first-order valence-corrected chi connectivity index (χ1v) is 14.7. The fraction of sp³-hybridized carbons (Fsp3) is 0.324. The summed E-state index contributed by atoms with van der Waals surface area (Å²) in [7, 11) is 0. The number of halogens is 2. The van der Waals surface area contributed by atoms with E-state index in [0.717, 1.165) is 36.1 Å². The van der Waals surface area contributed by atoms with Crippen molar-refractivity contribution in [1.29, 1.82) is 5.26 Å². The molecule has 1 amide bonds. The molecule has 2 aromatic rings. The van der Waals surface area contributed by atoms with E-state index in [9.17, 15) is 18.8 Å². The third-order valence-electron chi connectivity index (χ3n) is 7.33. The van der Waals surface area contributed by atoms with Gasteiger partial charge in [-0.1, -0.05) is 38.6 Å². The molecule has 1 aliphatic heterocycles. The van der Waals surface area contributed by atoms with Crippen LogP contribution in [0.1, 0.15) is 56.7 Å². The lowest BCUT2D eigenvalue weighted by atomic mass is 9.92. The van der Waals surface area contributed by atoms with E-state index in [-0.39, 0.29) is 35.5 Å². The van der Waals surface area contributed by atoms with Crippen LogP contribution >= 0.6 is 0 Å². The lowest BCUT2D eigenvalue weighted by molar-refractivity contribution is -0.117. The Balaban J connectivity index is 1.77. The van der Waals surface area contributed by atoms with Gasteiger partial charge in [-0.2, -0.15) is 5.26 Å². The zero-order chi connectivity index (χ0) is 33.3. The summed E-state index contributed by atoms with van der Waals surface area (Å²) in [6.07, 6.45) is 10.9. The second-order valence-electron chi connectivity index (χ2n) is 11.4. The van der Waals surface area contributed by atoms with Crippen LogP contribution in [-0.4, -0.2) is 34.6 Å². The van der Waals surface area contributed by atoms with E-state index in [4.69, 9.17) is 17.3 Å². The van der Waals surface area contributed by atoms with Crippen molar-refractivity contribution >= 4 is 35.3 Å². The van der Waals surface area contributed by atoms with Crippen molar-refractivity contribution < 1.29 is 13.6 Å².